The van der Waals surface area contributed by atoms with Crippen molar-refractivity contribution in [3.8, 4) is 33.6 Å². The fourth-order valence-corrected chi connectivity index (χ4v) is 8.91. The lowest BCUT2D eigenvalue weighted by Crippen LogP contribution is -1.94. The molecule has 0 unspecified atom stereocenters. The Labute approximate surface area is 308 Å². The summed E-state index contributed by atoms with van der Waals surface area (Å²) in [5, 5.41) is 4.16. The van der Waals surface area contributed by atoms with Crippen LogP contribution in [0.15, 0.2) is 182 Å². The Morgan fingerprint density at radius 3 is 2.10 bits per heavy atom. The van der Waals surface area contributed by atoms with Crippen LogP contribution in [0.25, 0.3) is 97.4 Å². The molecule has 0 saturated heterocycles. The number of thiophene rings is 1. The maximum absolute atomic E-state index is 9.94. The van der Waals surface area contributed by atoms with Gasteiger partial charge in [-0.2, -0.15) is 0 Å². The van der Waals surface area contributed by atoms with Crippen LogP contribution in [0, 0.1) is 0 Å². The molecule has 0 aliphatic rings. The number of fused-ring (bicyclic) bond motifs is 9. The third kappa shape index (κ3) is 4.22. The van der Waals surface area contributed by atoms with Gasteiger partial charge in [-0.15, -0.1) is 11.3 Å². The van der Waals surface area contributed by atoms with E-state index in [1.165, 1.54) is 0 Å². The van der Waals surface area contributed by atoms with E-state index in [2.05, 4.69) is 47.0 Å². The van der Waals surface area contributed by atoms with E-state index >= 15 is 0 Å². The van der Waals surface area contributed by atoms with Crippen LogP contribution < -0.4 is 0 Å². The molecular weight excluding hydrogens is 637 g/mol. The van der Waals surface area contributed by atoms with Gasteiger partial charge in [0.2, 0.25) is 0 Å². The maximum atomic E-state index is 9.94. The van der Waals surface area contributed by atoms with Crippen LogP contribution in [0.5, 0.6) is 0 Å². The van der Waals surface area contributed by atoms with Gasteiger partial charge >= 0.3 is 0 Å². The Morgan fingerprint density at radius 2 is 1.20 bits per heavy atom. The highest BCUT2D eigenvalue weighted by Gasteiger charge is 2.19. The average Bonchev–Trinajstić information content (AvgIpc) is 3.93. The molecule has 238 valence electrons. The van der Waals surface area contributed by atoms with Gasteiger partial charge in [-0.3, -0.25) is 0 Å². The van der Waals surface area contributed by atoms with Crippen LogP contribution in [-0.4, -0.2) is 9.13 Å². The molecule has 0 amide bonds. The number of hydrogen-bond donors (Lipinski definition) is 0. The summed E-state index contributed by atoms with van der Waals surface area (Å²) in [6.45, 7) is 0. The van der Waals surface area contributed by atoms with Crippen LogP contribution >= 0.6 is 11.3 Å². The lowest BCUT2D eigenvalue weighted by molar-refractivity contribution is 1.18. The highest BCUT2D eigenvalue weighted by atomic mass is 32.1. The molecule has 11 rings (SSSR count). The van der Waals surface area contributed by atoms with E-state index in [1.807, 2.05) is 97.1 Å². The van der Waals surface area contributed by atoms with E-state index in [-0.39, 0.29) is 57.6 Å². The van der Waals surface area contributed by atoms with Gasteiger partial charge in [0.05, 0.1) is 37.3 Å². The Balaban J connectivity index is 1.27. The lowest BCUT2D eigenvalue weighted by Gasteiger charge is -2.11. The monoisotopic (exact) mass is 673 g/mol. The summed E-state index contributed by atoms with van der Waals surface area (Å²) >= 11 is 1.62. The van der Waals surface area contributed by atoms with Crippen molar-refractivity contribution in [3.05, 3.63) is 182 Å². The SMILES string of the molecule is [2H]c1c([2H])c([2H])c2c(c1[2H])c1c([2H])c(-c3ccc4c(c3)c3c(-c5ccccc5)cccc3n4-c3ccccc3)c([2H])c([2H])c1n2-c1cccc2sc3ccccc3c12. The third-order valence-corrected chi connectivity index (χ3v) is 11.1. The zero-order valence-corrected chi connectivity index (χ0v) is 27.9. The summed E-state index contributed by atoms with van der Waals surface area (Å²) in [6.07, 6.45) is 0. The second-order valence-electron chi connectivity index (χ2n) is 12.7. The number of benzene rings is 8. The van der Waals surface area contributed by atoms with Gasteiger partial charge in [0.25, 0.3) is 0 Å². The molecule has 0 saturated carbocycles. The van der Waals surface area contributed by atoms with Gasteiger partial charge in [-0.05, 0) is 88.9 Å². The summed E-state index contributed by atoms with van der Waals surface area (Å²) in [4.78, 5) is 0. The van der Waals surface area contributed by atoms with Crippen molar-refractivity contribution in [1.82, 2.24) is 9.13 Å². The summed E-state index contributed by atoms with van der Waals surface area (Å²) in [5.74, 6) is 0. The predicted octanol–water partition coefficient (Wildman–Crippen LogP) is 13.6. The molecule has 0 aliphatic carbocycles. The topological polar surface area (TPSA) is 9.86 Å². The Bertz CT molecular complexity index is 3530. The largest absolute Gasteiger partial charge is 0.309 e. The molecule has 51 heavy (non-hydrogen) atoms. The Morgan fingerprint density at radius 1 is 0.431 bits per heavy atom. The average molecular weight is 674 g/mol. The molecule has 3 aromatic heterocycles. The molecule has 11 aromatic rings. The van der Waals surface area contributed by atoms with Crippen molar-refractivity contribution in [2.75, 3.05) is 0 Å². The molecule has 0 atom stereocenters. The number of para-hydroxylation sites is 2. The normalized spacial score (nSPS) is 13.8. The first-order chi connectivity index (χ1) is 28.2. The molecular formula is C48H30N2S. The summed E-state index contributed by atoms with van der Waals surface area (Å²) in [7, 11) is 0. The highest BCUT2D eigenvalue weighted by molar-refractivity contribution is 7.25. The fourth-order valence-electron chi connectivity index (χ4n) is 7.78. The molecule has 3 heteroatoms. The van der Waals surface area contributed by atoms with E-state index in [0.717, 1.165) is 58.8 Å². The third-order valence-electron chi connectivity index (χ3n) is 9.96. The van der Waals surface area contributed by atoms with Gasteiger partial charge in [-0.25, -0.2) is 0 Å². The molecule has 0 bridgehead atoms. The smallest absolute Gasteiger partial charge is 0.0645 e. The Hall–Kier alpha value is -6.42. The standard InChI is InChI=1S/C48H30N2S/c1-3-13-31(14-4-1)35-19-11-21-43-47(35)39-30-33(26-28-42(39)49(43)34-15-5-2-6-16-34)32-25-27-41-38(29-32)36-17-7-9-20-40(36)50(41)44-22-12-24-46-48(44)37-18-8-10-23-45(37)51-46/h1-30H/i7D,9D,17D,20D,25D,27D,29D. The minimum absolute atomic E-state index is 0.0680. The summed E-state index contributed by atoms with van der Waals surface area (Å²) in [5.41, 5.74) is 6.84. The summed E-state index contributed by atoms with van der Waals surface area (Å²) in [6, 6.07) is 44.6. The van der Waals surface area contributed by atoms with Gasteiger partial charge < -0.3 is 9.13 Å². The number of aromatic nitrogens is 2. The van der Waals surface area contributed by atoms with E-state index in [1.54, 1.807) is 15.9 Å². The van der Waals surface area contributed by atoms with Crippen molar-refractivity contribution < 1.29 is 9.60 Å². The molecule has 2 nitrogen and oxygen atoms in total. The molecule has 0 fully saturated rings. The minimum atomic E-state index is -0.415. The molecule has 0 spiro atoms. The van der Waals surface area contributed by atoms with Crippen LogP contribution in [0.3, 0.4) is 0 Å². The van der Waals surface area contributed by atoms with Crippen molar-refractivity contribution in [2.24, 2.45) is 0 Å². The van der Waals surface area contributed by atoms with Crippen molar-refractivity contribution in [3.63, 3.8) is 0 Å². The number of nitrogens with zero attached hydrogens (tertiary/aromatic N) is 2. The van der Waals surface area contributed by atoms with Crippen molar-refractivity contribution >= 4 is 75.1 Å². The van der Waals surface area contributed by atoms with Gasteiger partial charge in [-0.1, -0.05) is 115 Å². The zero-order chi connectivity index (χ0) is 39.6. The molecule has 0 N–H and O–H groups in total. The lowest BCUT2D eigenvalue weighted by atomic mass is 9.97. The molecule has 0 aliphatic heterocycles. The molecule has 8 aromatic carbocycles. The molecule has 0 radical (unpaired) electrons. The Kier molecular flexibility index (Phi) is 4.84. The van der Waals surface area contributed by atoms with E-state index in [9.17, 15) is 6.85 Å². The maximum Gasteiger partial charge on any atom is 0.0645 e. The second-order valence-corrected chi connectivity index (χ2v) is 13.8. The number of rotatable bonds is 4. The van der Waals surface area contributed by atoms with Gasteiger partial charge in [0.15, 0.2) is 0 Å². The van der Waals surface area contributed by atoms with E-state index < -0.39 is 12.1 Å². The first kappa shape index (κ1) is 22.3. The predicted molar refractivity (Wildman–Crippen MR) is 219 cm³/mol. The quantitative estimate of drug-likeness (QED) is 0.176. The van der Waals surface area contributed by atoms with Crippen LogP contribution in [0.2, 0.25) is 0 Å². The van der Waals surface area contributed by atoms with Gasteiger partial charge in [0, 0.05) is 47.4 Å². The van der Waals surface area contributed by atoms with Crippen LogP contribution in [-0.2, 0) is 0 Å². The number of hydrogen-bond acceptors (Lipinski definition) is 1. The van der Waals surface area contributed by atoms with Crippen molar-refractivity contribution in [2.45, 2.75) is 0 Å². The second kappa shape index (κ2) is 11.0. The minimum Gasteiger partial charge on any atom is -0.309 e. The summed E-state index contributed by atoms with van der Waals surface area (Å²) < 4.78 is 71.2. The first-order valence-electron chi connectivity index (χ1n) is 20.4. The van der Waals surface area contributed by atoms with E-state index in [0.29, 0.717) is 11.3 Å². The highest BCUT2D eigenvalue weighted by Crippen LogP contribution is 2.43. The van der Waals surface area contributed by atoms with E-state index in [4.69, 9.17) is 2.74 Å². The van der Waals surface area contributed by atoms with Gasteiger partial charge in [0.1, 0.15) is 0 Å². The van der Waals surface area contributed by atoms with Crippen LogP contribution in [0.1, 0.15) is 9.60 Å². The van der Waals surface area contributed by atoms with Crippen LogP contribution in [0.4, 0.5) is 0 Å². The van der Waals surface area contributed by atoms with Crippen molar-refractivity contribution in [1.29, 1.82) is 0 Å². The fraction of sp³-hybridized carbons (Fsp3) is 0. The zero-order valence-electron chi connectivity index (χ0n) is 34.1. The molecule has 3 heterocycles. The first-order valence-corrected chi connectivity index (χ1v) is 17.7.